The molecule has 3 aromatic carbocycles. The van der Waals surface area contributed by atoms with Crippen LogP contribution in [0.1, 0.15) is 47.9 Å². The maximum absolute atomic E-state index is 15.6. The highest BCUT2D eigenvalue weighted by atomic mass is 35.5. The lowest BCUT2D eigenvalue weighted by Gasteiger charge is -2.30. The van der Waals surface area contributed by atoms with Crippen LogP contribution < -0.4 is 21.3 Å². The summed E-state index contributed by atoms with van der Waals surface area (Å²) in [5.74, 6) is -1.20. The van der Waals surface area contributed by atoms with Gasteiger partial charge in [-0.2, -0.15) is 13.2 Å². The molecule has 4 rings (SSSR count). The lowest BCUT2D eigenvalue weighted by atomic mass is 9.84. The summed E-state index contributed by atoms with van der Waals surface area (Å²) in [6, 6.07) is 19.0. The highest BCUT2D eigenvalue weighted by Crippen LogP contribution is 2.31. The van der Waals surface area contributed by atoms with Crippen LogP contribution in [0.15, 0.2) is 66.7 Å². The number of carbonyl (C=O) groups excluding carboxylic acids is 2. The third-order valence-corrected chi connectivity index (χ3v) is 8.59. The Kier molecular flexibility index (Phi) is 14.9. The molecule has 1 saturated heterocycles. The molecule has 1 aliphatic rings. The lowest BCUT2D eigenvalue weighted by molar-refractivity contribution is -0.124. The lowest BCUT2D eigenvalue weighted by Crippen LogP contribution is -2.49. The largest absolute Gasteiger partial charge is 0.448 e. The Bertz CT molecular complexity index is 1520. The maximum atomic E-state index is 15.6. The van der Waals surface area contributed by atoms with Crippen LogP contribution >= 0.6 is 11.6 Å². The average molecular weight is 723 g/mol. The third kappa shape index (κ3) is 11.9. The van der Waals surface area contributed by atoms with E-state index in [1.54, 1.807) is 23.5 Å². The summed E-state index contributed by atoms with van der Waals surface area (Å²) in [6.45, 7) is 0.979. The molecular weight excluding hydrogens is 680 g/mol. The number of hydrogen-bond donors (Lipinski definition) is 4. The summed E-state index contributed by atoms with van der Waals surface area (Å²) in [5.41, 5.74) is 3.26. The van der Waals surface area contributed by atoms with Gasteiger partial charge < -0.3 is 30.2 Å². The van der Waals surface area contributed by atoms with E-state index in [1.165, 1.54) is 13.2 Å². The molecule has 2 amide bonds. The number of halogens is 5. The van der Waals surface area contributed by atoms with Crippen LogP contribution in [0.2, 0.25) is 5.02 Å². The summed E-state index contributed by atoms with van der Waals surface area (Å²) in [4.78, 5) is 25.7. The number of nitrogens with one attached hydrogen (secondary N) is 4. The quantitative estimate of drug-likeness (QED) is 0.101. The van der Waals surface area contributed by atoms with Crippen molar-refractivity contribution in [3.05, 3.63) is 99.8 Å². The number of methoxy groups -OCH3 is 1. The van der Waals surface area contributed by atoms with Crippen LogP contribution in [0.25, 0.3) is 0 Å². The number of ether oxygens (including phenoxy) is 3. The molecule has 50 heavy (non-hydrogen) atoms. The molecule has 4 atom stereocenters. The Balaban J connectivity index is 1.42. The van der Waals surface area contributed by atoms with Crippen molar-refractivity contribution < 1.29 is 41.4 Å². The minimum absolute atomic E-state index is 0.0961. The van der Waals surface area contributed by atoms with E-state index in [9.17, 15) is 22.8 Å². The second-order valence-electron chi connectivity index (χ2n) is 12.0. The summed E-state index contributed by atoms with van der Waals surface area (Å²) in [7, 11) is 1.53. The second-order valence-corrected chi connectivity index (χ2v) is 12.5. The fourth-order valence-electron chi connectivity index (χ4n) is 5.78. The fraction of sp³-hybridized carbons (Fsp3) is 0.444. The minimum Gasteiger partial charge on any atom is -0.448 e. The van der Waals surface area contributed by atoms with E-state index in [4.69, 9.17) is 25.8 Å². The zero-order valence-electron chi connectivity index (χ0n) is 28.0. The van der Waals surface area contributed by atoms with Gasteiger partial charge in [-0.3, -0.25) is 10.1 Å². The molecule has 14 heteroatoms. The smallest absolute Gasteiger partial charge is 0.407 e. The molecule has 0 saturated carbocycles. The van der Waals surface area contributed by atoms with Gasteiger partial charge in [0.05, 0.1) is 31.5 Å². The van der Waals surface area contributed by atoms with Gasteiger partial charge in [0.25, 0.3) is 0 Å². The predicted octanol–water partition coefficient (Wildman–Crippen LogP) is 6.34. The first-order valence-corrected chi connectivity index (χ1v) is 16.8. The zero-order chi connectivity index (χ0) is 36.1. The summed E-state index contributed by atoms with van der Waals surface area (Å²) < 4.78 is 68.5. The average Bonchev–Trinajstić information content (AvgIpc) is 3.10. The Morgan fingerprint density at radius 3 is 2.44 bits per heavy atom. The van der Waals surface area contributed by atoms with E-state index >= 15 is 4.39 Å². The van der Waals surface area contributed by atoms with Crippen molar-refractivity contribution in [2.45, 2.75) is 62.9 Å². The topological polar surface area (TPSA) is 110 Å². The number of carbonyl (C=O) groups is 2. The van der Waals surface area contributed by atoms with Gasteiger partial charge in [0.1, 0.15) is 19.0 Å². The summed E-state index contributed by atoms with van der Waals surface area (Å²) in [6.07, 6.45) is -3.90. The number of hydrogen-bond acceptors (Lipinski definition) is 7. The number of aryl methyl sites for hydroxylation is 1. The van der Waals surface area contributed by atoms with Crippen molar-refractivity contribution in [2.24, 2.45) is 0 Å². The molecule has 9 nitrogen and oxygen atoms in total. The van der Waals surface area contributed by atoms with E-state index < -0.39 is 36.6 Å². The molecule has 4 unspecified atom stereocenters. The third-order valence-electron chi connectivity index (χ3n) is 8.34. The molecule has 3 aromatic rings. The molecule has 1 heterocycles. The predicted molar refractivity (Wildman–Crippen MR) is 183 cm³/mol. The van der Waals surface area contributed by atoms with Gasteiger partial charge in [0.15, 0.2) is 0 Å². The molecule has 0 radical (unpaired) electrons. The molecule has 0 aliphatic carbocycles. The normalized spacial score (nSPS) is 17.5. The van der Waals surface area contributed by atoms with Crippen molar-refractivity contribution in [3.63, 3.8) is 0 Å². The number of amides is 2. The van der Waals surface area contributed by atoms with Gasteiger partial charge in [0, 0.05) is 35.8 Å². The first-order chi connectivity index (χ1) is 24.0. The Morgan fingerprint density at radius 1 is 1.08 bits per heavy atom. The minimum atomic E-state index is -4.53. The highest BCUT2D eigenvalue weighted by molar-refractivity contribution is 6.30. The number of benzene rings is 3. The van der Waals surface area contributed by atoms with E-state index in [1.807, 2.05) is 49.4 Å². The number of rotatable bonds is 16. The number of alkyl halides is 3. The van der Waals surface area contributed by atoms with E-state index in [-0.39, 0.29) is 38.0 Å². The first-order valence-electron chi connectivity index (χ1n) is 16.4. The van der Waals surface area contributed by atoms with Gasteiger partial charge in [-0.25, -0.2) is 9.18 Å². The van der Waals surface area contributed by atoms with Crippen molar-refractivity contribution in [1.82, 2.24) is 16.0 Å². The molecular formula is C36H43ClF4N4O5. The molecule has 4 N–H and O–H groups in total. The number of alkyl carbamates (subject to hydrolysis) is 1. The van der Waals surface area contributed by atoms with Crippen LogP contribution in [0.5, 0.6) is 0 Å². The van der Waals surface area contributed by atoms with Crippen molar-refractivity contribution in [2.75, 3.05) is 45.5 Å². The van der Waals surface area contributed by atoms with Crippen molar-refractivity contribution in [1.29, 1.82) is 0 Å². The summed E-state index contributed by atoms with van der Waals surface area (Å²) >= 11 is 6.19. The van der Waals surface area contributed by atoms with Crippen LogP contribution in [0, 0.1) is 5.82 Å². The van der Waals surface area contributed by atoms with Crippen molar-refractivity contribution >= 4 is 29.3 Å². The van der Waals surface area contributed by atoms with Crippen LogP contribution in [-0.4, -0.2) is 76.5 Å². The first kappa shape index (κ1) is 39.0. The maximum Gasteiger partial charge on any atom is 0.407 e. The molecule has 272 valence electrons. The molecule has 1 aliphatic heterocycles. The number of morpholine rings is 1. The van der Waals surface area contributed by atoms with Crippen molar-refractivity contribution in [3.8, 4) is 0 Å². The highest BCUT2D eigenvalue weighted by Gasteiger charge is 2.32. The molecule has 0 spiro atoms. The Hall–Kier alpha value is -3.75. The van der Waals surface area contributed by atoms with Gasteiger partial charge in [-0.1, -0.05) is 61.0 Å². The summed E-state index contributed by atoms with van der Waals surface area (Å²) in [5, 5.41) is 11.6. The SMILES string of the molecule is CCc1cc(F)c(CCCC2CNC(COC(=O)NCC(F)(F)F)CO2)c(NC(=O)C(NCOC)C(c2ccccc2)c2ccc(Cl)cc2)c1. The van der Waals surface area contributed by atoms with E-state index in [2.05, 4.69) is 16.0 Å². The second kappa shape index (κ2) is 19.0. The molecule has 0 aromatic heterocycles. The molecule has 1 fully saturated rings. The van der Waals surface area contributed by atoms with Gasteiger partial charge >= 0.3 is 12.3 Å². The van der Waals surface area contributed by atoms with Crippen LogP contribution in [-0.2, 0) is 31.8 Å². The molecule has 0 bridgehead atoms. The zero-order valence-corrected chi connectivity index (χ0v) is 28.7. The Labute approximate surface area is 294 Å². The standard InChI is InChI=1S/C36H43ClF4N4O5/c1-3-23-16-30(38)29(11-7-10-28-18-42-27(19-49-28)20-50-35(47)43-21-36(39,40)41)31(17-23)45-34(46)33(44-22-48-2)32(24-8-5-4-6-9-24)25-12-14-26(37)15-13-25/h4-6,8-9,12-17,27-28,32-33,42,44H,3,7,10-11,18-22H2,1-2H3,(H,43,47)(H,45,46). The Morgan fingerprint density at radius 2 is 1.80 bits per heavy atom. The van der Waals surface area contributed by atoms with Crippen LogP contribution in [0.3, 0.4) is 0 Å². The van der Waals surface area contributed by atoms with E-state index in [0.717, 1.165) is 16.7 Å². The number of anilines is 1. The van der Waals surface area contributed by atoms with Gasteiger partial charge in [-0.05, 0) is 66.6 Å². The van der Waals surface area contributed by atoms with Gasteiger partial charge in [-0.15, -0.1) is 0 Å². The fourth-order valence-corrected chi connectivity index (χ4v) is 5.91. The van der Waals surface area contributed by atoms with E-state index in [0.29, 0.717) is 48.5 Å². The monoisotopic (exact) mass is 722 g/mol. The van der Waals surface area contributed by atoms with Crippen LogP contribution in [0.4, 0.5) is 28.0 Å². The van der Waals surface area contributed by atoms with Gasteiger partial charge in [0.2, 0.25) is 5.91 Å².